The van der Waals surface area contributed by atoms with Crippen molar-refractivity contribution >= 4 is 5.91 Å². The van der Waals surface area contributed by atoms with Gasteiger partial charge in [-0.15, -0.1) is 0 Å². The van der Waals surface area contributed by atoms with Crippen molar-refractivity contribution in [2.75, 3.05) is 33.9 Å². The molecule has 1 aliphatic carbocycles. The molecule has 1 atom stereocenters. The molecule has 1 spiro atoms. The van der Waals surface area contributed by atoms with Gasteiger partial charge in [-0.05, 0) is 92.4 Å². The second-order valence-corrected chi connectivity index (χ2v) is 9.50. The van der Waals surface area contributed by atoms with Crippen LogP contribution in [0.5, 0.6) is 11.5 Å². The molecule has 1 saturated heterocycles. The summed E-state index contributed by atoms with van der Waals surface area (Å²) in [6.07, 6.45) is 4.07. The first-order valence-corrected chi connectivity index (χ1v) is 11.7. The third-order valence-electron chi connectivity index (χ3n) is 7.49. The molecule has 1 aliphatic heterocycles. The molecule has 2 aromatic rings. The number of amides is 1. The quantitative estimate of drug-likeness (QED) is 0.671. The van der Waals surface area contributed by atoms with Crippen LogP contribution in [-0.2, 0) is 17.8 Å². The number of aryl methyl sites for hydroxylation is 2. The summed E-state index contributed by atoms with van der Waals surface area (Å²) in [5.41, 5.74) is 5.22. The van der Waals surface area contributed by atoms with E-state index < -0.39 is 0 Å². The number of hydrogen-bond donors (Lipinski definition) is 1. The molecule has 1 N–H and O–H groups in total. The molecule has 2 aliphatic rings. The summed E-state index contributed by atoms with van der Waals surface area (Å²) in [5, 5.41) is 3.17. The van der Waals surface area contributed by atoms with Crippen LogP contribution in [0.1, 0.15) is 41.5 Å². The number of carbonyl (C=O) groups is 1. The lowest BCUT2D eigenvalue weighted by Crippen LogP contribution is -2.37. The monoisotopic (exact) mass is 436 g/mol. The molecule has 1 unspecified atom stereocenters. The highest BCUT2D eigenvalue weighted by molar-refractivity contribution is 5.82. The molecule has 0 bridgehead atoms. The van der Waals surface area contributed by atoms with E-state index in [1.165, 1.54) is 16.7 Å². The Balaban J connectivity index is 1.24. The first kappa shape index (κ1) is 22.7. The van der Waals surface area contributed by atoms with Crippen LogP contribution in [0.3, 0.4) is 0 Å². The predicted octanol–water partition coefficient (Wildman–Crippen LogP) is 4.28. The Hall–Kier alpha value is -2.53. The lowest BCUT2D eigenvalue weighted by Gasteiger charge is -2.33. The normalized spacial score (nSPS) is 19.6. The van der Waals surface area contributed by atoms with Gasteiger partial charge in [-0.3, -0.25) is 9.69 Å². The van der Waals surface area contributed by atoms with Gasteiger partial charge in [0.25, 0.3) is 0 Å². The molecule has 172 valence electrons. The van der Waals surface area contributed by atoms with E-state index in [0.29, 0.717) is 6.54 Å². The summed E-state index contributed by atoms with van der Waals surface area (Å²) in [5.74, 6) is 2.27. The van der Waals surface area contributed by atoms with Crippen molar-refractivity contribution in [2.24, 2.45) is 11.3 Å². The maximum absolute atomic E-state index is 12.8. The molecule has 0 aromatic heterocycles. The number of rotatable bonds is 8. The van der Waals surface area contributed by atoms with Gasteiger partial charge in [-0.2, -0.15) is 0 Å². The molecule has 2 fully saturated rings. The highest BCUT2D eigenvalue weighted by Crippen LogP contribution is 2.59. The zero-order chi connectivity index (χ0) is 22.7. The molecule has 4 rings (SSSR count). The Labute approximate surface area is 192 Å². The molecule has 0 radical (unpaired) electrons. The molecular weight excluding hydrogens is 400 g/mol. The summed E-state index contributed by atoms with van der Waals surface area (Å²) in [6.45, 7) is 8.03. The molecule has 32 heavy (non-hydrogen) atoms. The summed E-state index contributed by atoms with van der Waals surface area (Å²) in [4.78, 5) is 15.3. The second-order valence-electron chi connectivity index (χ2n) is 9.50. The number of carbonyl (C=O) groups excluding carboxylic acids is 1. The van der Waals surface area contributed by atoms with Gasteiger partial charge in [0.1, 0.15) is 11.5 Å². The van der Waals surface area contributed by atoms with Crippen molar-refractivity contribution in [3.8, 4) is 11.5 Å². The number of methoxy groups -OCH3 is 2. The Bertz CT molecular complexity index is 963. The van der Waals surface area contributed by atoms with Crippen LogP contribution in [0.25, 0.3) is 0 Å². The van der Waals surface area contributed by atoms with Crippen molar-refractivity contribution in [2.45, 2.75) is 46.1 Å². The largest absolute Gasteiger partial charge is 0.496 e. The van der Waals surface area contributed by atoms with E-state index in [9.17, 15) is 4.79 Å². The summed E-state index contributed by atoms with van der Waals surface area (Å²) < 4.78 is 10.9. The SMILES string of the molecule is COc1cc(C)c(CN2CCC3(CC2)CC3C(=O)NCCc2ccccc2OC)cc1C. The van der Waals surface area contributed by atoms with E-state index in [1.54, 1.807) is 14.2 Å². The van der Waals surface area contributed by atoms with Crippen molar-refractivity contribution in [3.63, 3.8) is 0 Å². The molecule has 1 heterocycles. The Kier molecular flexibility index (Phi) is 6.75. The minimum Gasteiger partial charge on any atom is -0.496 e. The van der Waals surface area contributed by atoms with E-state index in [4.69, 9.17) is 9.47 Å². The molecular formula is C27H36N2O3. The van der Waals surface area contributed by atoms with E-state index in [0.717, 1.165) is 62.4 Å². The highest BCUT2D eigenvalue weighted by Gasteiger charge is 2.58. The van der Waals surface area contributed by atoms with Gasteiger partial charge in [0.05, 0.1) is 14.2 Å². The fourth-order valence-corrected chi connectivity index (χ4v) is 5.26. The minimum atomic E-state index is 0.187. The van der Waals surface area contributed by atoms with Crippen LogP contribution in [0.4, 0.5) is 0 Å². The summed E-state index contributed by atoms with van der Waals surface area (Å²) >= 11 is 0. The van der Waals surface area contributed by atoms with Gasteiger partial charge >= 0.3 is 0 Å². The Morgan fingerprint density at radius 3 is 2.47 bits per heavy atom. The van der Waals surface area contributed by atoms with Gasteiger partial charge in [0, 0.05) is 19.0 Å². The van der Waals surface area contributed by atoms with E-state index in [2.05, 4.69) is 42.3 Å². The fourth-order valence-electron chi connectivity index (χ4n) is 5.26. The van der Waals surface area contributed by atoms with E-state index in [1.807, 2.05) is 18.2 Å². The van der Waals surface area contributed by atoms with Crippen molar-refractivity contribution in [3.05, 3.63) is 58.7 Å². The van der Waals surface area contributed by atoms with Crippen LogP contribution < -0.4 is 14.8 Å². The topological polar surface area (TPSA) is 50.8 Å². The molecule has 5 nitrogen and oxygen atoms in total. The molecule has 1 saturated carbocycles. The lowest BCUT2D eigenvalue weighted by atomic mass is 9.90. The van der Waals surface area contributed by atoms with Crippen LogP contribution in [-0.4, -0.2) is 44.7 Å². The summed E-state index contributed by atoms with van der Waals surface area (Å²) in [6, 6.07) is 12.4. The molecule has 2 aromatic carbocycles. The number of benzene rings is 2. The maximum Gasteiger partial charge on any atom is 0.223 e. The van der Waals surface area contributed by atoms with Crippen LogP contribution in [0.15, 0.2) is 36.4 Å². The minimum absolute atomic E-state index is 0.187. The van der Waals surface area contributed by atoms with E-state index >= 15 is 0 Å². The molecule has 1 amide bonds. The first-order chi connectivity index (χ1) is 15.5. The Morgan fingerprint density at radius 1 is 1.03 bits per heavy atom. The number of nitrogens with zero attached hydrogens (tertiary/aromatic N) is 1. The third-order valence-corrected chi connectivity index (χ3v) is 7.49. The average molecular weight is 437 g/mol. The third kappa shape index (κ3) is 4.78. The number of nitrogens with one attached hydrogen (secondary N) is 1. The highest BCUT2D eigenvalue weighted by atomic mass is 16.5. The van der Waals surface area contributed by atoms with Crippen molar-refractivity contribution < 1.29 is 14.3 Å². The van der Waals surface area contributed by atoms with Crippen LogP contribution >= 0.6 is 0 Å². The second kappa shape index (κ2) is 9.53. The summed E-state index contributed by atoms with van der Waals surface area (Å²) in [7, 11) is 3.42. The number of piperidine rings is 1. The predicted molar refractivity (Wildman–Crippen MR) is 127 cm³/mol. The van der Waals surface area contributed by atoms with Gasteiger partial charge in [-0.1, -0.05) is 24.3 Å². The van der Waals surface area contributed by atoms with Gasteiger partial charge < -0.3 is 14.8 Å². The maximum atomic E-state index is 12.8. The van der Waals surface area contributed by atoms with E-state index in [-0.39, 0.29) is 17.2 Å². The lowest BCUT2D eigenvalue weighted by molar-refractivity contribution is -0.123. The number of likely N-dealkylation sites (tertiary alicyclic amines) is 1. The number of ether oxygens (including phenoxy) is 2. The number of hydrogen-bond acceptors (Lipinski definition) is 4. The fraction of sp³-hybridized carbons (Fsp3) is 0.519. The van der Waals surface area contributed by atoms with Crippen molar-refractivity contribution in [1.29, 1.82) is 0 Å². The first-order valence-electron chi connectivity index (χ1n) is 11.7. The Morgan fingerprint density at radius 2 is 1.75 bits per heavy atom. The van der Waals surface area contributed by atoms with Crippen LogP contribution in [0.2, 0.25) is 0 Å². The van der Waals surface area contributed by atoms with Gasteiger partial charge in [0.15, 0.2) is 0 Å². The zero-order valence-electron chi connectivity index (χ0n) is 19.9. The van der Waals surface area contributed by atoms with Gasteiger partial charge in [0.2, 0.25) is 5.91 Å². The zero-order valence-corrected chi connectivity index (χ0v) is 19.9. The van der Waals surface area contributed by atoms with Crippen LogP contribution in [0, 0.1) is 25.2 Å². The smallest absolute Gasteiger partial charge is 0.223 e. The standard InChI is InChI=1S/C27H36N2O3/c1-19-16-25(32-4)20(2)15-22(19)18-29-13-10-27(11-14-29)17-23(27)26(30)28-12-9-21-7-5-6-8-24(21)31-3/h5-8,15-16,23H,9-14,17-18H2,1-4H3,(H,28,30). The molecule has 5 heteroatoms. The average Bonchev–Trinajstić information content (AvgIpc) is 3.51. The van der Waals surface area contributed by atoms with Gasteiger partial charge in [-0.25, -0.2) is 0 Å². The van der Waals surface area contributed by atoms with Crippen molar-refractivity contribution in [1.82, 2.24) is 10.2 Å². The number of para-hydroxylation sites is 1.